The second-order valence-corrected chi connectivity index (χ2v) is 2.98. The summed E-state index contributed by atoms with van der Waals surface area (Å²) in [4.78, 5) is 6.36. The lowest BCUT2D eigenvalue weighted by molar-refractivity contribution is 0.124. The molecule has 0 bridgehead atoms. The molecule has 0 unspecified atom stereocenters. The Morgan fingerprint density at radius 1 is 1.46 bits per heavy atom. The van der Waals surface area contributed by atoms with Crippen molar-refractivity contribution >= 4 is 5.69 Å². The van der Waals surface area contributed by atoms with Crippen LogP contribution in [0.5, 0.6) is 0 Å². The summed E-state index contributed by atoms with van der Waals surface area (Å²) in [6.45, 7) is 0.214. The van der Waals surface area contributed by atoms with Crippen LogP contribution in [-0.4, -0.2) is 14.1 Å². The van der Waals surface area contributed by atoms with Crippen LogP contribution in [0.3, 0.4) is 0 Å². The summed E-state index contributed by atoms with van der Waals surface area (Å²) in [7, 11) is 3.76. The van der Waals surface area contributed by atoms with E-state index in [1.165, 1.54) is 12.1 Å². The molecular weight excluding hydrogens is 171 g/mol. The third-order valence-corrected chi connectivity index (χ3v) is 1.76. The lowest BCUT2D eigenvalue weighted by Gasteiger charge is -2.16. The molecular formula is C9H13FN2O. The zero-order chi connectivity index (χ0) is 9.84. The minimum absolute atomic E-state index is 0.214. The molecule has 0 spiro atoms. The second kappa shape index (κ2) is 4.20. The smallest absolute Gasteiger partial charge is 0.123 e. The molecule has 1 aromatic rings. The third kappa shape index (κ3) is 2.40. The molecule has 0 saturated carbocycles. The molecule has 0 aliphatic heterocycles. The molecule has 13 heavy (non-hydrogen) atoms. The van der Waals surface area contributed by atoms with Crippen molar-refractivity contribution < 1.29 is 9.23 Å². The van der Waals surface area contributed by atoms with E-state index in [0.717, 1.165) is 11.3 Å². The van der Waals surface area contributed by atoms with Crippen LogP contribution in [0.15, 0.2) is 18.2 Å². The fourth-order valence-corrected chi connectivity index (χ4v) is 1.20. The lowest BCUT2D eigenvalue weighted by atomic mass is 10.1. The molecule has 0 aliphatic carbocycles. The number of halogens is 1. The van der Waals surface area contributed by atoms with Gasteiger partial charge in [-0.15, -0.1) is 0 Å². The maximum absolute atomic E-state index is 12.8. The van der Waals surface area contributed by atoms with E-state index in [0.29, 0.717) is 0 Å². The average molecular weight is 184 g/mol. The normalized spacial score (nSPS) is 10.2. The maximum atomic E-state index is 12.8. The van der Waals surface area contributed by atoms with E-state index in [1.54, 1.807) is 6.07 Å². The van der Waals surface area contributed by atoms with E-state index in [1.807, 2.05) is 19.0 Å². The molecule has 4 heteroatoms. The quantitative estimate of drug-likeness (QED) is 0.719. The Labute approximate surface area is 76.9 Å². The van der Waals surface area contributed by atoms with Crippen LogP contribution >= 0.6 is 0 Å². The van der Waals surface area contributed by atoms with E-state index in [2.05, 4.69) is 4.84 Å². The molecule has 0 atom stereocenters. The number of benzene rings is 1. The number of hydrogen-bond donors (Lipinski definition) is 1. The van der Waals surface area contributed by atoms with Crippen LogP contribution in [0.1, 0.15) is 5.56 Å². The van der Waals surface area contributed by atoms with Gasteiger partial charge in [-0.1, -0.05) is 0 Å². The fourth-order valence-electron chi connectivity index (χ4n) is 1.20. The molecule has 0 aliphatic rings. The third-order valence-electron chi connectivity index (χ3n) is 1.76. The zero-order valence-corrected chi connectivity index (χ0v) is 7.75. The van der Waals surface area contributed by atoms with E-state index in [9.17, 15) is 4.39 Å². The van der Waals surface area contributed by atoms with Crippen LogP contribution < -0.4 is 10.8 Å². The number of rotatable bonds is 3. The zero-order valence-electron chi connectivity index (χ0n) is 7.75. The van der Waals surface area contributed by atoms with Crippen LogP contribution in [0.4, 0.5) is 10.1 Å². The van der Waals surface area contributed by atoms with Gasteiger partial charge in [0.15, 0.2) is 0 Å². The molecule has 0 aromatic heterocycles. The van der Waals surface area contributed by atoms with Gasteiger partial charge in [0.25, 0.3) is 0 Å². The summed E-state index contributed by atoms with van der Waals surface area (Å²) in [6, 6.07) is 4.53. The Morgan fingerprint density at radius 3 is 2.69 bits per heavy atom. The number of nitrogens with zero attached hydrogens (tertiary/aromatic N) is 1. The Bertz CT molecular complexity index is 289. The molecule has 1 rings (SSSR count). The largest absolute Gasteiger partial charge is 0.377 e. The van der Waals surface area contributed by atoms with Crippen molar-refractivity contribution in [3.05, 3.63) is 29.6 Å². The van der Waals surface area contributed by atoms with Gasteiger partial charge in [-0.25, -0.2) is 10.3 Å². The van der Waals surface area contributed by atoms with Gasteiger partial charge in [-0.05, 0) is 18.2 Å². The molecule has 0 heterocycles. The summed E-state index contributed by atoms with van der Waals surface area (Å²) in [5, 5.41) is 0. The molecule has 0 radical (unpaired) electrons. The molecule has 72 valence electrons. The first-order valence-electron chi connectivity index (χ1n) is 3.92. The van der Waals surface area contributed by atoms with Crippen LogP contribution in [0.2, 0.25) is 0 Å². The van der Waals surface area contributed by atoms with Crippen molar-refractivity contribution in [2.24, 2.45) is 5.90 Å². The van der Waals surface area contributed by atoms with Gasteiger partial charge >= 0.3 is 0 Å². The maximum Gasteiger partial charge on any atom is 0.123 e. The van der Waals surface area contributed by atoms with Gasteiger partial charge in [-0.3, -0.25) is 4.84 Å². The van der Waals surface area contributed by atoms with E-state index < -0.39 is 0 Å². The van der Waals surface area contributed by atoms with Crippen molar-refractivity contribution in [2.75, 3.05) is 19.0 Å². The Hall–Kier alpha value is -1.13. The van der Waals surface area contributed by atoms with E-state index in [4.69, 9.17) is 5.90 Å². The standard InChI is InChI=1S/C9H13FN2O/c1-12(2)9-4-3-8(10)5-7(9)6-13-11/h3-5H,6,11H2,1-2H3. The van der Waals surface area contributed by atoms with Gasteiger partial charge < -0.3 is 4.90 Å². The van der Waals surface area contributed by atoms with Crippen LogP contribution in [0.25, 0.3) is 0 Å². The minimum atomic E-state index is -0.280. The first-order valence-corrected chi connectivity index (χ1v) is 3.92. The van der Waals surface area contributed by atoms with Gasteiger partial charge in [0.2, 0.25) is 0 Å². The second-order valence-electron chi connectivity index (χ2n) is 2.98. The Kier molecular flexibility index (Phi) is 3.22. The predicted molar refractivity (Wildman–Crippen MR) is 49.7 cm³/mol. The summed E-state index contributed by atoms with van der Waals surface area (Å²) >= 11 is 0. The van der Waals surface area contributed by atoms with Crippen LogP contribution in [-0.2, 0) is 11.4 Å². The molecule has 1 aromatic carbocycles. The highest BCUT2D eigenvalue weighted by Crippen LogP contribution is 2.19. The van der Waals surface area contributed by atoms with E-state index in [-0.39, 0.29) is 12.4 Å². The molecule has 3 nitrogen and oxygen atoms in total. The van der Waals surface area contributed by atoms with Gasteiger partial charge in [0, 0.05) is 25.3 Å². The van der Waals surface area contributed by atoms with Crippen LogP contribution in [0, 0.1) is 5.82 Å². The van der Waals surface area contributed by atoms with Crippen molar-refractivity contribution in [3.8, 4) is 0 Å². The summed E-state index contributed by atoms with van der Waals surface area (Å²) in [6.07, 6.45) is 0. The van der Waals surface area contributed by atoms with Crippen molar-refractivity contribution in [1.29, 1.82) is 0 Å². The minimum Gasteiger partial charge on any atom is -0.377 e. The molecule has 0 fully saturated rings. The Balaban J connectivity index is 3.03. The van der Waals surface area contributed by atoms with Crippen molar-refractivity contribution in [1.82, 2.24) is 0 Å². The first kappa shape index (κ1) is 9.95. The SMILES string of the molecule is CN(C)c1ccc(F)cc1CON. The number of nitrogens with two attached hydrogens (primary N) is 1. The fraction of sp³-hybridized carbons (Fsp3) is 0.333. The highest BCUT2D eigenvalue weighted by molar-refractivity contribution is 5.52. The summed E-state index contributed by atoms with van der Waals surface area (Å²) < 4.78 is 12.8. The van der Waals surface area contributed by atoms with Gasteiger partial charge in [-0.2, -0.15) is 0 Å². The number of hydrogen-bond acceptors (Lipinski definition) is 3. The summed E-state index contributed by atoms with van der Waals surface area (Å²) in [5.41, 5.74) is 1.65. The first-order chi connectivity index (χ1) is 6.15. The van der Waals surface area contributed by atoms with Crippen molar-refractivity contribution in [2.45, 2.75) is 6.61 Å². The summed E-state index contributed by atoms with van der Waals surface area (Å²) in [5.74, 6) is 4.66. The lowest BCUT2D eigenvalue weighted by Crippen LogP contribution is -2.12. The predicted octanol–water partition coefficient (Wildman–Crippen LogP) is 1.28. The average Bonchev–Trinajstić information content (AvgIpc) is 2.04. The Morgan fingerprint density at radius 2 is 2.15 bits per heavy atom. The molecule has 2 N–H and O–H groups in total. The highest BCUT2D eigenvalue weighted by atomic mass is 19.1. The monoisotopic (exact) mass is 184 g/mol. The highest BCUT2D eigenvalue weighted by Gasteiger charge is 2.05. The van der Waals surface area contributed by atoms with Crippen molar-refractivity contribution in [3.63, 3.8) is 0 Å². The van der Waals surface area contributed by atoms with Gasteiger partial charge in [0.1, 0.15) is 5.82 Å². The molecule has 0 saturated heterocycles. The topological polar surface area (TPSA) is 38.5 Å². The van der Waals surface area contributed by atoms with Gasteiger partial charge in [0.05, 0.1) is 6.61 Å². The molecule has 0 amide bonds. The number of anilines is 1. The van der Waals surface area contributed by atoms with E-state index >= 15 is 0 Å².